The molecule has 2 rings (SSSR count). The number of aromatic nitrogens is 2. The van der Waals surface area contributed by atoms with E-state index in [0.717, 1.165) is 16.9 Å². The predicted octanol–water partition coefficient (Wildman–Crippen LogP) is 2.12. The van der Waals surface area contributed by atoms with Crippen LogP contribution in [0.2, 0.25) is 0 Å². The highest BCUT2D eigenvalue weighted by Gasteiger charge is 2.09. The first kappa shape index (κ1) is 11.4. The average Bonchev–Trinajstić information content (AvgIpc) is 2.58. The van der Waals surface area contributed by atoms with Crippen molar-refractivity contribution in [3.8, 4) is 5.69 Å². The van der Waals surface area contributed by atoms with Gasteiger partial charge in [0.2, 0.25) is 0 Å². The number of carbonyl (C=O) groups is 1. The lowest BCUT2D eigenvalue weighted by molar-refractivity contribution is -0.136. The molecule has 4 heteroatoms. The lowest BCUT2D eigenvalue weighted by Gasteiger charge is -2.04. The van der Waals surface area contributed by atoms with Crippen molar-refractivity contribution in [3.63, 3.8) is 0 Å². The molecule has 0 fully saturated rings. The summed E-state index contributed by atoms with van der Waals surface area (Å²) in [4.78, 5) is 10.6. The fourth-order valence-electron chi connectivity index (χ4n) is 1.80. The number of nitrogens with zero attached hydrogens (tertiary/aromatic N) is 2. The largest absolute Gasteiger partial charge is 0.481 e. The van der Waals surface area contributed by atoms with E-state index in [1.54, 1.807) is 10.7 Å². The SMILES string of the molecule is Cc1cccc(-n2nc(CC(=O)O)cc2C)c1. The first-order valence-electron chi connectivity index (χ1n) is 5.40. The number of rotatable bonds is 3. The van der Waals surface area contributed by atoms with Crippen molar-refractivity contribution in [2.45, 2.75) is 20.3 Å². The molecule has 1 heterocycles. The number of benzene rings is 1. The van der Waals surface area contributed by atoms with Gasteiger partial charge in [0.1, 0.15) is 0 Å². The van der Waals surface area contributed by atoms with Gasteiger partial charge in [-0.25, -0.2) is 4.68 Å². The Morgan fingerprint density at radius 2 is 2.12 bits per heavy atom. The second-order valence-electron chi connectivity index (χ2n) is 4.10. The number of hydrogen-bond acceptors (Lipinski definition) is 2. The van der Waals surface area contributed by atoms with E-state index in [1.165, 1.54) is 0 Å². The van der Waals surface area contributed by atoms with E-state index in [4.69, 9.17) is 5.11 Å². The maximum absolute atomic E-state index is 10.6. The van der Waals surface area contributed by atoms with Crippen LogP contribution >= 0.6 is 0 Å². The van der Waals surface area contributed by atoms with E-state index in [1.807, 2.05) is 38.1 Å². The zero-order valence-electron chi connectivity index (χ0n) is 9.84. The fraction of sp³-hybridized carbons (Fsp3) is 0.231. The minimum Gasteiger partial charge on any atom is -0.481 e. The van der Waals surface area contributed by atoms with E-state index in [9.17, 15) is 4.79 Å². The second-order valence-corrected chi connectivity index (χ2v) is 4.10. The van der Waals surface area contributed by atoms with E-state index >= 15 is 0 Å². The van der Waals surface area contributed by atoms with E-state index in [2.05, 4.69) is 5.10 Å². The molecule has 0 bridgehead atoms. The van der Waals surface area contributed by atoms with Crippen LogP contribution in [0.3, 0.4) is 0 Å². The molecule has 2 aromatic rings. The molecule has 1 aromatic heterocycles. The average molecular weight is 230 g/mol. The van der Waals surface area contributed by atoms with Crippen LogP contribution in [0.1, 0.15) is 17.0 Å². The molecule has 1 N–H and O–H groups in total. The molecule has 0 aliphatic heterocycles. The van der Waals surface area contributed by atoms with Crippen molar-refractivity contribution in [1.29, 1.82) is 0 Å². The Labute approximate surface area is 99.5 Å². The Bertz CT molecular complexity index is 558. The summed E-state index contributed by atoms with van der Waals surface area (Å²) >= 11 is 0. The quantitative estimate of drug-likeness (QED) is 0.878. The zero-order valence-corrected chi connectivity index (χ0v) is 9.84. The summed E-state index contributed by atoms with van der Waals surface area (Å²) in [5, 5.41) is 13.0. The standard InChI is InChI=1S/C13H14N2O2/c1-9-4-3-5-12(6-9)15-10(2)7-11(14-15)8-13(16)17/h3-7H,8H2,1-2H3,(H,16,17). The topological polar surface area (TPSA) is 55.1 Å². The third-order valence-corrected chi connectivity index (χ3v) is 2.52. The molecule has 0 spiro atoms. The van der Waals surface area contributed by atoms with Gasteiger partial charge in [-0.15, -0.1) is 0 Å². The molecule has 0 saturated carbocycles. The van der Waals surface area contributed by atoms with Gasteiger partial charge in [0.05, 0.1) is 17.8 Å². The molecule has 4 nitrogen and oxygen atoms in total. The Kier molecular flexibility index (Phi) is 2.95. The van der Waals surface area contributed by atoms with Crippen molar-refractivity contribution in [2.75, 3.05) is 0 Å². The van der Waals surface area contributed by atoms with Crippen LogP contribution in [0.4, 0.5) is 0 Å². The molecule has 1 aromatic carbocycles. The predicted molar refractivity (Wildman–Crippen MR) is 64.4 cm³/mol. The monoisotopic (exact) mass is 230 g/mol. The number of hydrogen-bond donors (Lipinski definition) is 1. The maximum Gasteiger partial charge on any atom is 0.309 e. The highest BCUT2D eigenvalue weighted by Crippen LogP contribution is 2.13. The highest BCUT2D eigenvalue weighted by molar-refractivity contribution is 5.69. The van der Waals surface area contributed by atoms with Gasteiger partial charge in [0, 0.05) is 5.69 Å². The molecule has 0 atom stereocenters. The summed E-state index contributed by atoms with van der Waals surface area (Å²) in [6.45, 7) is 3.93. The maximum atomic E-state index is 10.6. The lowest BCUT2D eigenvalue weighted by atomic mass is 10.2. The highest BCUT2D eigenvalue weighted by atomic mass is 16.4. The first-order valence-corrected chi connectivity index (χ1v) is 5.40. The van der Waals surface area contributed by atoms with Gasteiger partial charge in [-0.05, 0) is 37.6 Å². The van der Waals surface area contributed by atoms with Gasteiger partial charge in [-0.2, -0.15) is 5.10 Å². The Morgan fingerprint density at radius 1 is 1.35 bits per heavy atom. The van der Waals surface area contributed by atoms with Gasteiger partial charge in [0.15, 0.2) is 0 Å². The summed E-state index contributed by atoms with van der Waals surface area (Å²) in [5.74, 6) is -0.862. The summed E-state index contributed by atoms with van der Waals surface area (Å²) in [6, 6.07) is 9.75. The number of carboxylic acids is 1. The third-order valence-electron chi connectivity index (χ3n) is 2.52. The van der Waals surface area contributed by atoms with Crippen molar-refractivity contribution in [3.05, 3.63) is 47.3 Å². The van der Waals surface area contributed by atoms with Crippen LogP contribution in [-0.4, -0.2) is 20.9 Å². The minimum atomic E-state index is -0.862. The smallest absolute Gasteiger partial charge is 0.309 e. The summed E-state index contributed by atoms with van der Waals surface area (Å²) < 4.78 is 1.77. The van der Waals surface area contributed by atoms with Crippen LogP contribution in [0.25, 0.3) is 5.69 Å². The molecule has 88 valence electrons. The van der Waals surface area contributed by atoms with Crippen LogP contribution in [0.15, 0.2) is 30.3 Å². The third kappa shape index (κ3) is 2.53. The molecule has 0 radical (unpaired) electrons. The van der Waals surface area contributed by atoms with Gasteiger partial charge >= 0.3 is 5.97 Å². The number of aryl methyl sites for hydroxylation is 2. The summed E-state index contributed by atoms with van der Waals surface area (Å²) in [6.07, 6.45) is -0.0420. The van der Waals surface area contributed by atoms with Gasteiger partial charge < -0.3 is 5.11 Å². The van der Waals surface area contributed by atoms with Crippen molar-refractivity contribution < 1.29 is 9.90 Å². The molecule has 0 aliphatic carbocycles. The van der Waals surface area contributed by atoms with Crippen LogP contribution in [0, 0.1) is 13.8 Å². The molecule has 17 heavy (non-hydrogen) atoms. The van der Waals surface area contributed by atoms with Crippen molar-refractivity contribution in [2.24, 2.45) is 0 Å². The van der Waals surface area contributed by atoms with Crippen LogP contribution in [-0.2, 0) is 11.2 Å². The van der Waals surface area contributed by atoms with Crippen LogP contribution < -0.4 is 0 Å². The van der Waals surface area contributed by atoms with E-state index in [0.29, 0.717) is 5.69 Å². The molecular weight excluding hydrogens is 216 g/mol. The van der Waals surface area contributed by atoms with Crippen LogP contribution in [0.5, 0.6) is 0 Å². The number of carboxylic acid groups (broad SMARTS) is 1. The van der Waals surface area contributed by atoms with E-state index < -0.39 is 5.97 Å². The van der Waals surface area contributed by atoms with Gasteiger partial charge in [-0.3, -0.25) is 4.79 Å². The second kappa shape index (κ2) is 4.41. The fourth-order valence-corrected chi connectivity index (χ4v) is 1.80. The van der Waals surface area contributed by atoms with Gasteiger partial charge in [0.25, 0.3) is 0 Å². The lowest BCUT2D eigenvalue weighted by Crippen LogP contribution is -2.03. The molecular formula is C13H14N2O2. The number of aliphatic carboxylic acids is 1. The molecule has 0 amide bonds. The first-order chi connectivity index (χ1) is 8.06. The molecule has 0 aliphatic rings. The van der Waals surface area contributed by atoms with E-state index in [-0.39, 0.29) is 6.42 Å². The molecule has 0 saturated heterocycles. The minimum absolute atomic E-state index is 0.0420. The Morgan fingerprint density at radius 3 is 2.76 bits per heavy atom. The Balaban J connectivity index is 2.39. The molecule has 0 unspecified atom stereocenters. The van der Waals surface area contributed by atoms with Gasteiger partial charge in [-0.1, -0.05) is 12.1 Å². The van der Waals surface area contributed by atoms with Crippen molar-refractivity contribution >= 4 is 5.97 Å². The normalized spacial score (nSPS) is 10.5. The Hall–Kier alpha value is -2.10. The summed E-state index contributed by atoms with van der Waals surface area (Å²) in [5.41, 5.74) is 3.62. The summed E-state index contributed by atoms with van der Waals surface area (Å²) in [7, 11) is 0. The zero-order chi connectivity index (χ0) is 12.4. The van der Waals surface area contributed by atoms with Crippen molar-refractivity contribution in [1.82, 2.24) is 9.78 Å².